The molecule has 0 saturated carbocycles. The Morgan fingerprint density at radius 2 is 1.71 bits per heavy atom. The van der Waals surface area contributed by atoms with Gasteiger partial charge in [-0.2, -0.15) is 0 Å². The SMILES string of the molecule is Cc1cc(Br)cc(C)c1Nc1ccc2cc(N)ccc2n1. The highest BCUT2D eigenvalue weighted by molar-refractivity contribution is 9.10. The fourth-order valence-corrected chi connectivity index (χ4v) is 3.14. The number of benzene rings is 2. The second kappa shape index (κ2) is 5.37. The summed E-state index contributed by atoms with van der Waals surface area (Å²) < 4.78 is 1.09. The Hall–Kier alpha value is -2.07. The van der Waals surface area contributed by atoms with Gasteiger partial charge in [0.05, 0.1) is 5.52 Å². The van der Waals surface area contributed by atoms with E-state index in [4.69, 9.17) is 5.73 Å². The molecule has 0 aliphatic rings. The summed E-state index contributed by atoms with van der Waals surface area (Å²) in [5.41, 5.74) is 10.9. The number of nitrogen functional groups attached to an aromatic ring is 1. The average molecular weight is 342 g/mol. The van der Waals surface area contributed by atoms with E-state index in [0.29, 0.717) is 0 Å². The van der Waals surface area contributed by atoms with Crippen LogP contribution in [-0.2, 0) is 0 Å². The van der Waals surface area contributed by atoms with Crippen LogP contribution in [0.5, 0.6) is 0 Å². The van der Waals surface area contributed by atoms with E-state index in [2.05, 4.69) is 52.2 Å². The monoisotopic (exact) mass is 341 g/mol. The first-order chi connectivity index (χ1) is 10.0. The van der Waals surface area contributed by atoms with Gasteiger partial charge in [0.15, 0.2) is 0 Å². The number of halogens is 1. The Labute approximate surface area is 132 Å². The molecule has 2 aromatic carbocycles. The molecule has 0 aliphatic carbocycles. The van der Waals surface area contributed by atoms with Crippen molar-refractivity contribution in [2.75, 3.05) is 11.1 Å². The fourth-order valence-electron chi connectivity index (χ4n) is 2.45. The largest absolute Gasteiger partial charge is 0.399 e. The van der Waals surface area contributed by atoms with Crippen molar-refractivity contribution in [3.8, 4) is 0 Å². The fraction of sp³-hybridized carbons (Fsp3) is 0.118. The summed E-state index contributed by atoms with van der Waals surface area (Å²) in [4.78, 5) is 4.64. The van der Waals surface area contributed by atoms with Crippen LogP contribution < -0.4 is 11.1 Å². The van der Waals surface area contributed by atoms with Gasteiger partial charge in [0, 0.05) is 21.2 Å². The number of rotatable bonds is 2. The van der Waals surface area contributed by atoms with Crippen molar-refractivity contribution in [1.29, 1.82) is 0 Å². The number of nitrogens with zero attached hydrogens (tertiary/aromatic N) is 1. The van der Waals surface area contributed by atoms with Gasteiger partial charge in [-0.3, -0.25) is 0 Å². The summed E-state index contributed by atoms with van der Waals surface area (Å²) in [5.74, 6) is 0.834. The van der Waals surface area contributed by atoms with Crippen molar-refractivity contribution in [2.45, 2.75) is 13.8 Å². The zero-order chi connectivity index (χ0) is 15.0. The smallest absolute Gasteiger partial charge is 0.131 e. The third-order valence-corrected chi connectivity index (χ3v) is 3.92. The normalized spacial score (nSPS) is 10.8. The van der Waals surface area contributed by atoms with Crippen molar-refractivity contribution in [3.05, 3.63) is 58.1 Å². The number of hydrogen-bond acceptors (Lipinski definition) is 3. The van der Waals surface area contributed by atoms with Crippen LogP contribution in [0.3, 0.4) is 0 Å². The van der Waals surface area contributed by atoms with Crippen LogP contribution >= 0.6 is 15.9 Å². The maximum Gasteiger partial charge on any atom is 0.131 e. The molecule has 1 aromatic heterocycles. The van der Waals surface area contributed by atoms with E-state index < -0.39 is 0 Å². The lowest BCUT2D eigenvalue weighted by Crippen LogP contribution is -1.98. The molecule has 0 unspecified atom stereocenters. The molecule has 1 heterocycles. The Kier molecular flexibility index (Phi) is 3.55. The van der Waals surface area contributed by atoms with Crippen LogP contribution in [0.2, 0.25) is 0 Å². The minimum Gasteiger partial charge on any atom is -0.399 e. The molecule has 0 bridgehead atoms. The van der Waals surface area contributed by atoms with Crippen LogP contribution in [0.25, 0.3) is 10.9 Å². The Balaban J connectivity index is 2.00. The third kappa shape index (κ3) is 2.85. The van der Waals surface area contributed by atoms with E-state index in [1.54, 1.807) is 0 Å². The van der Waals surface area contributed by atoms with Crippen molar-refractivity contribution in [1.82, 2.24) is 4.98 Å². The average Bonchev–Trinajstić information content (AvgIpc) is 2.43. The summed E-state index contributed by atoms with van der Waals surface area (Å²) in [6.45, 7) is 4.17. The summed E-state index contributed by atoms with van der Waals surface area (Å²) in [7, 11) is 0. The van der Waals surface area contributed by atoms with E-state index in [1.807, 2.05) is 30.3 Å². The number of pyridine rings is 1. The lowest BCUT2D eigenvalue weighted by molar-refractivity contribution is 1.30. The number of nitrogens with one attached hydrogen (secondary N) is 1. The zero-order valence-electron chi connectivity index (χ0n) is 11.9. The third-order valence-electron chi connectivity index (χ3n) is 3.46. The first-order valence-corrected chi connectivity index (χ1v) is 7.52. The van der Waals surface area contributed by atoms with Crippen molar-refractivity contribution in [3.63, 3.8) is 0 Å². The number of aryl methyl sites for hydroxylation is 2. The number of nitrogens with two attached hydrogens (primary N) is 1. The number of aromatic nitrogens is 1. The molecule has 0 atom stereocenters. The molecule has 106 valence electrons. The minimum absolute atomic E-state index is 0.754. The Bertz CT molecular complexity index is 804. The topological polar surface area (TPSA) is 50.9 Å². The molecule has 0 saturated heterocycles. The molecule has 0 radical (unpaired) electrons. The van der Waals surface area contributed by atoms with E-state index in [1.165, 1.54) is 11.1 Å². The van der Waals surface area contributed by atoms with Gasteiger partial charge in [-0.1, -0.05) is 15.9 Å². The molecule has 3 rings (SSSR count). The maximum atomic E-state index is 5.79. The first-order valence-electron chi connectivity index (χ1n) is 6.73. The number of fused-ring (bicyclic) bond motifs is 1. The molecule has 3 nitrogen and oxygen atoms in total. The van der Waals surface area contributed by atoms with Gasteiger partial charge in [0.25, 0.3) is 0 Å². The number of anilines is 3. The maximum absolute atomic E-state index is 5.79. The van der Waals surface area contributed by atoms with Gasteiger partial charge in [-0.15, -0.1) is 0 Å². The molecule has 0 aliphatic heterocycles. The van der Waals surface area contributed by atoms with E-state index in [9.17, 15) is 0 Å². The highest BCUT2D eigenvalue weighted by Crippen LogP contribution is 2.28. The molecule has 3 aromatic rings. The molecular formula is C17H16BrN3. The van der Waals surface area contributed by atoms with Gasteiger partial charge in [-0.05, 0) is 67.4 Å². The Morgan fingerprint density at radius 1 is 1.00 bits per heavy atom. The van der Waals surface area contributed by atoms with Crippen molar-refractivity contribution in [2.24, 2.45) is 0 Å². The summed E-state index contributed by atoms with van der Waals surface area (Å²) in [5, 5.41) is 4.46. The van der Waals surface area contributed by atoms with Crippen LogP contribution in [0, 0.1) is 13.8 Å². The van der Waals surface area contributed by atoms with E-state index >= 15 is 0 Å². The summed E-state index contributed by atoms with van der Waals surface area (Å²) in [6.07, 6.45) is 0. The predicted octanol–water partition coefficient (Wildman–Crippen LogP) is 4.94. The van der Waals surface area contributed by atoms with Crippen molar-refractivity contribution >= 4 is 44.0 Å². The second-order valence-electron chi connectivity index (χ2n) is 5.19. The quantitative estimate of drug-likeness (QED) is 0.649. The molecule has 3 N–H and O–H groups in total. The molecule has 21 heavy (non-hydrogen) atoms. The molecule has 4 heteroatoms. The standard InChI is InChI=1S/C17H16BrN3/c1-10-7-13(18)8-11(2)17(10)21-16-6-3-12-9-14(19)4-5-15(12)20-16/h3-9H,19H2,1-2H3,(H,20,21). The summed E-state index contributed by atoms with van der Waals surface area (Å²) in [6, 6.07) is 13.9. The van der Waals surface area contributed by atoms with Crippen LogP contribution in [-0.4, -0.2) is 4.98 Å². The predicted molar refractivity (Wildman–Crippen MR) is 93.1 cm³/mol. The van der Waals surface area contributed by atoms with Gasteiger partial charge < -0.3 is 11.1 Å². The highest BCUT2D eigenvalue weighted by atomic mass is 79.9. The van der Waals surface area contributed by atoms with E-state index in [-0.39, 0.29) is 0 Å². The van der Waals surface area contributed by atoms with Gasteiger partial charge in [-0.25, -0.2) is 4.98 Å². The molecule has 0 fully saturated rings. The second-order valence-corrected chi connectivity index (χ2v) is 6.10. The minimum atomic E-state index is 0.754. The van der Waals surface area contributed by atoms with Gasteiger partial charge >= 0.3 is 0 Å². The first kappa shape index (κ1) is 13.9. The van der Waals surface area contributed by atoms with Crippen molar-refractivity contribution < 1.29 is 0 Å². The molecular weight excluding hydrogens is 326 g/mol. The van der Waals surface area contributed by atoms with Gasteiger partial charge in [0.2, 0.25) is 0 Å². The van der Waals surface area contributed by atoms with Crippen LogP contribution in [0.4, 0.5) is 17.2 Å². The number of hydrogen-bond donors (Lipinski definition) is 2. The molecule has 0 spiro atoms. The van der Waals surface area contributed by atoms with Gasteiger partial charge in [0.1, 0.15) is 5.82 Å². The lowest BCUT2D eigenvalue weighted by atomic mass is 10.1. The summed E-state index contributed by atoms with van der Waals surface area (Å²) >= 11 is 3.52. The lowest BCUT2D eigenvalue weighted by Gasteiger charge is -2.13. The van der Waals surface area contributed by atoms with Crippen LogP contribution in [0.15, 0.2) is 46.9 Å². The molecule has 0 amide bonds. The van der Waals surface area contributed by atoms with E-state index in [0.717, 1.165) is 32.6 Å². The highest BCUT2D eigenvalue weighted by Gasteiger charge is 2.06. The Morgan fingerprint density at radius 3 is 2.43 bits per heavy atom. The zero-order valence-corrected chi connectivity index (χ0v) is 13.5. The van der Waals surface area contributed by atoms with Crippen LogP contribution in [0.1, 0.15) is 11.1 Å².